The number of ketones is 1. The van der Waals surface area contributed by atoms with Crippen LogP contribution in [0.4, 0.5) is 0 Å². The zero-order chi connectivity index (χ0) is 19.4. The summed E-state index contributed by atoms with van der Waals surface area (Å²) >= 11 is 0. The Morgan fingerprint density at radius 1 is 1.08 bits per heavy atom. The standard InChI is InChI=1S/C21H31NO3S/c1-14-12-15(2)20(17(4)23)16(3)19(14)13-26(25)18(5)21(24)22-10-8-6-7-9-11-22/h12,18H,6-11,13H2,1-5H3/t18-,26-/m1/s1. The van der Waals surface area contributed by atoms with Crippen molar-refractivity contribution in [2.45, 2.75) is 71.3 Å². The van der Waals surface area contributed by atoms with E-state index in [2.05, 4.69) is 0 Å². The van der Waals surface area contributed by atoms with Crippen LogP contribution in [0.5, 0.6) is 0 Å². The average molecular weight is 378 g/mol. The fourth-order valence-corrected chi connectivity index (χ4v) is 5.27. The Labute approximate surface area is 159 Å². The van der Waals surface area contributed by atoms with Crippen LogP contribution in [0, 0.1) is 20.8 Å². The highest BCUT2D eigenvalue weighted by molar-refractivity contribution is 7.85. The first-order chi connectivity index (χ1) is 12.2. The lowest BCUT2D eigenvalue weighted by molar-refractivity contribution is -0.130. The fraction of sp³-hybridized carbons (Fsp3) is 0.619. The van der Waals surface area contributed by atoms with E-state index in [4.69, 9.17) is 0 Å². The first kappa shape index (κ1) is 20.8. The Morgan fingerprint density at radius 3 is 2.19 bits per heavy atom. The van der Waals surface area contributed by atoms with Crippen LogP contribution in [0.2, 0.25) is 0 Å². The van der Waals surface area contributed by atoms with Gasteiger partial charge in [-0.2, -0.15) is 0 Å². The molecule has 1 aromatic rings. The maximum atomic E-state index is 12.9. The van der Waals surface area contributed by atoms with Gasteiger partial charge in [-0.25, -0.2) is 0 Å². The van der Waals surface area contributed by atoms with Gasteiger partial charge in [0.25, 0.3) is 0 Å². The second-order valence-electron chi connectivity index (χ2n) is 7.45. The number of amides is 1. The Hall–Kier alpha value is -1.49. The van der Waals surface area contributed by atoms with Crippen LogP contribution in [-0.4, -0.2) is 39.1 Å². The SMILES string of the molecule is CC(=O)c1c(C)cc(C)c(C[S@@](=O)[C@H](C)C(=O)N2CCCCCC2)c1C. The highest BCUT2D eigenvalue weighted by atomic mass is 32.2. The molecule has 1 fully saturated rings. The lowest BCUT2D eigenvalue weighted by Gasteiger charge is -2.24. The van der Waals surface area contributed by atoms with Gasteiger partial charge in [-0.3, -0.25) is 13.8 Å². The second kappa shape index (κ2) is 8.94. The van der Waals surface area contributed by atoms with E-state index in [1.54, 1.807) is 13.8 Å². The van der Waals surface area contributed by atoms with Gasteiger partial charge in [-0.1, -0.05) is 18.9 Å². The summed E-state index contributed by atoms with van der Waals surface area (Å²) in [4.78, 5) is 26.6. The number of rotatable bonds is 5. The number of carbonyl (C=O) groups is 2. The molecule has 0 spiro atoms. The number of nitrogens with zero attached hydrogens (tertiary/aromatic N) is 1. The van der Waals surface area contributed by atoms with E-state index in [1.165, 1.54) is 0 Å². The van der Waals surface area contributed by atoms with Gasteiger partial charge in [0.2, 0.25) is 5.91 Å². The number of hydrogen-bond donors (Lipinski definition) is 0. The molecule has 4 nitrogen and oxygen atoms in total. The third kappa shape index (κ3) is 4.61. The summed E-state index contributed by atoms with van der Waals surface area (Å²) < 4.78 is 12.9. The van der Waals surface area contributed by atoms with E-state index in [9.17, 15) is 13.8 Å². The number of carbonyl (C=O) groups excluding carboxylic acids is 2. The van der Waals surface area contributed by atoms with Crippen molar-refractivity contribution < 1.29 is 13.8 Å². The van der Waals surface area contributed by atoms with E-state index in [0.29, 0.717) is 11.3 Å². The maximum absolute atomic E-state index is 12.9. The molecule has 0 aliphatic carbocycles. The minimum atomic E-state index is -1.30. The molecular weight excluding hydrogens is 346 g/mol. The average Bonchev–Trinajstić information content (AvgIpc) is 2.85. The monoisotopic (exact) mass is 377 g/mol. The third-order valence-electron chi connectivity index (χ3n) is 5.43. The number of aryl methyl sites for hydroxylation is 2. The molecule has 1 aromatic carbocycles. The summed E-state index contributed by atoms with van der Waals surface area (Å²) in [6.07, 6.45) is 4.39. The normalized spacial score (nSPS) is 17.5. The number of likely N-dealkylation sites (tertiary alicyclic amines) is 1. The van der Waals surface area contributed by atoms with Gasteiger partial charge >= 0.3 is 0 Å². The zero-order valence-electron chi connectivity index (χ0n) is 16.7. The molecule has 0 saturated carbocycles. The molecule has 5 heteroatoms. The molecule has 1 aliphatic heterocycles. The summed E-state index contributed by atoms with van der Waals surface area (Å²) in [5.41, 5.74) is 4.55. The Morgan fingerprint density at radius 2 is 1.65 bits per heavy atom. The smallest absolute Gasteiger partial charge is 0.238 e. The molecule has 1 saturated heterocycles. The molecule has 1 heterocycles. The third-order valence-corrected chi connectivity index (χ3v) is 6.99. The Bertz CT molecular complexity index is 718. The van der Waals surface area contributed by atoms with Crippen molar-refractivity contribution in [3.8, 4) is 0 Å². The lowest BCUT2D eigenvalue weighted by Crippen LogP contribution is -2.40. The van der Waals surface area contributed by atoms with Crippen LogP contribution in [0.3, 0.4) is 0 Å². The molecule has 1 aliphatic rings. The first-order valence-corrected chi connectivity index (χ1v) is 10.9. The quantitative estimate of drug-likeness (QED) is 0.732. The molecule has 1 amide bonds. The van der Waals surface area contributed by atoms with Crippen LogP contribution in [-0.2, 0) is 21.3 Å². The zero-order valence-corrected chi connectivity index (χ0v) is 17.5. The highest BCUT2D eigenvalue weighted by Crippen LogP contribution is 2.25. The van der Waals surface area contributed by atoms with Crippen LogP contribution in [0.1, 0.15) is 72.1 Å². The van der Waals surface area contributed by atoms with Crippen molar-refractivity contribution in [2.24, 2.45) is 0 Å². The molecule has 0 unspecified atom stereocenters. The number of hydrogen-bond acceptors (Lipinski definition) is 3. The van der Waals surface area contributed by atoms with Crippen LogP contribution in [0.15, 0.2) is 6.07 Å². The summed E-state index contributed by atoms with van der Waals surface area (Å²) in [5.74, 6) is 0.346. The lowest BCUT2D eigenvalue weighted by atomic mass is 9.92. The van der Waals surface area contributed by atoms with Gasteiger partial charge in [-0.15, -0.1) is 0 Å². The molecule has 2 atom stereocenters. The summed E-state index contributed by atoms with van der Waals surface area (Å²) in [6.45, 7) is 10.7. The number of Topliss-reactive ketones (excluding diaryl/α,β-unsaturated/α-hetero) is 1. The van der Waals surface area contributed by atoms with Gasteiger partial charge in [0.1, 0.15) is 5.25 Å². The summed E-state index contributed by atoms with van der Waals surface area (Å²) in [6, 6.07) is 1.98. The van der Waals surface area contributed by atoms with Crippen molar-refractivity contribution in [1.82, 2.24) is 4.90 Å². The van der Waals surface area contributed by atoms with E-state index in [0.717, 1.165) is 61.0 Å². The molecule has 0 bridgehead atoms. The molecule has 26 heavy (non-hydrogen) atoms. The van der Waals surface area contributed by atoms with Crippen molar-refractivity contribution in [3.05, 3.63) is 33.9 Å². The van der Waals surface area contributed by atoms with E-state index in [-0.39, 0.29) is 11.7 Å². The topological polar surface area (TPSA) is 54.5 Å². The molecule has 0 N–H and O–H groups in total. The Balaban J connectivity index is 2.19. The summed E-state index contributed by atoms with van der Waals surface area (Å²) in [5, 5.41) is -0.519. The first-order valence-electron chi connectivity index (χ1n) is 9.50. The van der Waals surface area contributed by atoms with E-state index < -0.39 is 16.0 Å². The highest BCUT2D eigenvalue weighted by Gasteiger charge is 2.27. The van der Waals surface area contributed by atoms with Crippen molar-refractivity contribution in [2.75, 3.05) is 13.1 Å². The van der Waals surface area contributed by atoms with Gasteiger partial charge in [0.15, 0.2) is 5.78 Å². The minimum Gasteiger partial charge on any atom is -0.342 e. The fourth-order valence-electron chi connectivity index (χ4n) is 3.92. The molecule has 0 aromatic heterocycles. The van der Waals surface area contributed by atoms with Crippen LogP contribution >= 0.6 is 0 Å². The van der Waals surface area contributed by atoms with Crippen molar-refractivity contribution >= 4 is 22.5 Å². The van der Waals surface area contributed by atoms with Crippen LogP contribution in [0.25, 0.3) is 0 Å². The van der Waals surface area contributed by atoms with Gasteiger partial charge in [0, 0.05) is 35.2 Å². The van der Waals surface area contributed by atoms with Gasteiger partial charge in [-0.05, 0) is 69.7 Å². The molecule has 2 rings (SSSR count). The summed E-state index contributed by atoms with van der Waals surface area (Å²) in [7, 11) is -1.30. The van der Waals surface area contributed by atoms with Crippen molar-refractivity contribution in [3.63, 3.8) is 0 Å². The molecule has 0 radical (unpaired) electrons. The maximum Gasteiger partial charge on any atom is 0.238 e. The second-order valence-corrected chi connectivity index (χ2v) is 9.21. The predicted octanol–water partition coefficient (Wildman–Crippen LogP) is 3.85. The predicted molar refractivity (Wildman–Crippen MR) is 107 cm³/mol. The molecule has 144 valence electrons. The van der Waals surface area contributed by atoms with Crippen LogP contribution < -0.4 is 0 Å². The van der Waals surface area contributed by atoms with Gasteiger partial charge in [0.05, 0.1) is 0 Å². The Kier molecular flexibility index (Phi) is 7.16. The van der Waals surface area contributed by atoms with Crippen molar-refractivity contribution in [1.29, 1.82) is 0 Å². The minimum absolute atomic E-state index is 0.000516. The van der Waals surface area contributed by atoms with E-state index >= 15 is 0 Å². The van der Waals surface area contributed by atoms with E-state index in [1.807, 2.05) is 31.7 Å². The molecular formula is C21H31NO3S. The largest absolute Gasteiger partial charge is 0.342 e. The number of benzene rings is 1. The van der Waals surface area contributed by atoms with Gasteiger partial charge < -0.3 is 4.90 Å².